The highest BCUT2D eigenvalue weighted by molar-refractivity contribution is 6.04. The summed E-state index contributed by atoms with van der Waals surface area (Å²) in [5.41, 5.74) is 6.75. The van der Waals surface area contributed by atoms with E-state index in [-0.39, 0.29) is 0 Å². The lowest BCUT2D eigenvalue weighted by molar-refractivity contribution is -0.127. The molecule has 0 saturated carbocycles. The molecule has 3 rings (SSSR count). The number of hydrogen-bond acceptors (Lipinski definition) is 4. The summed E-state index contributed by atoms with van der Waals surface area (Å²) in [6.07, 6.45) is -0.303. The molecule has 1 amide bonds. The van der Waals surface area contributed by atoms with Crippen molar-refractivity contribution in [3.05, 3.63) is 60.2 Å². The molecule has 0 aliphatic carbocycles. The Morgan fingerprint density at radius 3 is 2.62 bits per heavy atom. The maximum absolute atomic E-state index is 11.1. The smallest absolute Gasteiger partial charge is 0.261 e. The highest BCUT2D eigenvalue weighted by Crippen LogP contribution is 2.24. The number of carbonyl (C=O) groups excluding carboxylic acids is 1. The Morgan fingerprint density at radius 2 is 1.90 bits per heavy atom. The van der Waals surface area contributed by atoms with Crippen LogP contribution in [0.2, 0.25) is 0 Å². The molecule has 1 aliphatic rings. The molecule has 1 heterocycles. The summed E-state index contributed by atoms with van der Waals surface area (Å²) in [6.45, 7) is 0. The molecule has 0 spiro atoms. The standard InChI is InChI=1S/C16H14N2O3/c17-16(19)15-10-14(18-21-15)11-5-4-8-13(9-11)20-12-6-2-1-3-7-12/h1-9,15H,10H2,(H2,17,19). The van der Waals surface area contributed by atoms with E-state index in [1.165, 1.54) is 0 Å². The predicted molar refractivity (Wildman–Crippen MR) is 78.2 cm³/mol. The fourth-order valence-electron chi connectivity index (χ4n) is 2.06. The highest BCUT2D eigenvalue weighted by Gasteiger charge is 2.26. The molecule has 2 aromatic rings. The van der Waals surface area contributed by atoms with Crippen LogP contribution in [-0.4, -0.2) is 17.7 Å². The minimum atomic E-state index is -0.682. The van der Waals surface area contributed by atoms with Crippen LogP contribution < -0.4 is 10.5 Å². The average molecular weight is 282 g/mol. The maximum atomic E-state index is 11.1. The molecule has 2 N–H and O–H groups in total. The predicted octanol–water partition coefficient (Wildman–Crippen LogP) is 2.46. The van der Waals surface area contributed by atoms with E-state index >= 15 is 0 Å². The molecular weight excluding hydrogens is 268 g/mol. The van der Waals surface area contributed by atoms with E-state index in [0.717, 1.165) is 11.3 Å². The lowest BCUT2D eigenvalue weighted by atomic mass is 10.0. The quantitative estimate of drug-likeness (QED) is 0.936. The van der Waals surface area contributed by atoms with Crippen molar-refractivity contribution in [3.8, 4) is 11.5 Å². The minimum Gasteiger partial charge on any atom is -0.457 e. The Bertz CT molecular complexity index is 683. The van der Waals surface area contributed by atoms with Crippen LogP contribution in [0.15, 0.2) is 59.8 Å². The molecule has 21 heavy (non-hydrogen) atoms. The van der Waals surface area contributed by atoms with Gasteiger partial charge < -0.3 is 15.3 Å². The highest BCUT2D eigenvalue weighted by atomic mass is 16.6. The lowest BCUT2D eigenvalue weighted by Crippen LogP contribution is -2.28. The Balaban J connectivity index is 1.77. The summed E-state index contributed by atoms with van der Waals surface area (Å²) in [4.78, 5) is 16.1. The number of hydrogen-bond donors (Lipinski definition) is 1. The zero-order chi connectivity index (χ0) is 14.7. The third-order valence-electron chi connectivity index (χ3n) is 3.13. The first-order chi connectivity index (χ1) is 10.2. The molecule has 1 atom stereocenters. The van der Waals surface area contributed by atoms with E-state index in [4.69, 9.17) is 15.3 Å². The largest absolute Gasteiger partial charge is 0.457 e. The first-order valence-electron chi connectivity index (χ1n) is 6.58. The normalized spacial score (nSPS) is 17.0. The number of amides is 1. The van der Waals surface area contributed by atoms with E-state index in [1.807, 2.05) is 54.6 Å². The number of primary amides is 1. The first-order valence-corrected chi connectivity index (χ1v) is 6.58. The van der Waals surface area contributed by atoms with E-state index < -0.39 is 12.0 Å². The van der Waals surface area contributed by atoms with Crippen molar-refractivity contribution in [2.24, 2.45) is 10.9 Å². The second-order valence-electron chi connectivity index (χ2n) is 4.68. The van der Waals surface area contributed by atoms with Gasteiger partial charge >= 0.3 is 0 Å². The van der Waals surface area contributed by atoms with Gasteiger partial charge in [-0.25, -0.2) is 0 Å². The Kier molecular flexibility index (Phi) is 3.55. The van der Waals surface area contributed by atoms with Crippen LogP contribution in [-0.2, 0) is 9.63 Å². The summed E-state index contributed by atoms with van der Waals surface area (Å²) in [5, 5.41) is 3.92. The van der Waals surface area contributed by atoms with E-state index in [1.54, 1.807) is 0 Å². The molecule has 5 heteroatoms. The molecule has 0 bridgehead atoms. The number of benzene rings is 2. The monoisotopic (exact) mass is 282 g/mol. The van der Waals surface area contributed by atoms with Gasteiger partial charge in [0.15, 0.2) is 0 Å². The van der Waals surface area contributed by atoms with Gasteiger partial charge in [-0.15, -0.1) is 0 Å². The van der Waals surface area contributed by atoms with Crippen molar-refractivity contribution in [2.45, 2.75) is 12.5 Å². The number of ether oxygens (including phenoxy) is 1. The van der Waals surface area contributed by atoms with Crippen molar-refractivity contribution >= 4 is 11.6 Å². The average Bonchev–Trinajstić information content (AvgIpc) is 2.99. The van der Waals surface area contributed by atoms with Crippen LogP contribution in [0.25, 0.3) is 0 Å². The number of carbonyl (C=O) groups is 1. The Hall–Kier alpha value is -2.82. The summed E-state index contributed by atoms with van der Waals surface area (Å²) in [7, 11) is 0. The van der Waals surface area contributed by atoms with Gasteiger partial charge in [0, 0.05) is 12.0 Å². The molecule has 1 unspecified atom stereocenters. The van der Waals surface area contributed by atoms with Gasteiger partial charge in [-0.2, -0.15) is 0 Å². The van der Waals surface area contributed by atoms with Crippen molar-refractivity contribution < 1.29 is 14.4 Å². The second kappa shape index (κ2) is 5.66. The minimum absolute atomic E-state index is 0.379. The van der Waals surface area contributed by atoms with Gasteiger partial charge in [0.2, 0.25) is 6.10 Å². The molecule has 0 saturated heterocycles. The van der Waals surface area contributed by atoms with Gasteiger partial charge in [0.25, 0.3) is 5.91 Å². The van der Waals surface area contributed by atoms with E-state index in [2.05, 4.69) is 5.16 Å². The summed E-state index contributed by atoms with van der Waals surface area (Å²) < 4.78 is 5.77. The topological polar surface area (TPSA) is 73.9 Å². The fraction of sp³-hybridized carbons (Fsp3) is 0.125. The molecule has 0 aromatic heterocycles. The number of oxime groups is 1. The number of nitrogens with zero attached hydrogens (tertiary/aromatic N) is 1. The lowest BCUT2D eigenvalue weighted by Gasteiger charge is -2.07. The van der Waals surface area contributed by atoms with Crippen LogP contribution in [0.5, 0.6) is 11.5 Å². The van der Waals surface area contributed by atoms with Crippen LogP contribution in [0, 0.1) is 0 Å². The van der Waals surface area contributed by atoms with E-state index in [9.17, 15) is 4.79 Å². The second-order valence-corrected chi connectivity index (χ2v) is 4.68. The van der Waals surface area contributed by atoms with Crippen molar-refractivity contribution in [1.82, 2.24) is 0 Å². The number of rotatable bonds is 4. The number of para-hydroxylation sites is 1. The van der Waals surface area contributed by atoms with Gasteiger partial charge in [-0.3, -0.25) is 4.79 Å². The molecule has 5 nitrogen and oxygen atoms in total. The van der Waals surface area contributed by atoms with Gasteiger partial charge in [0.05, 0.1) is 5.71 Å². The molecule has 2 aromatic carbocycles. The Morgan fingerprint density at radius 1 is 1.14 bits per heavy atom. The van der Waals surface area contributed by atoms with Crippen molar-refractivity contribution in [1.29, 1.82) is 0 Å². The molecule has 0 radical (unpaired) electrons. The molecule has 106 valence electrons. The van der Waals surface area contributed by atoms with Crippen LogP contribution >= 0.6 is 0 Å². The summed E-state index contributed by atoms with van der Waals surface area (Å²) in [6, 6.07) is 17.0. The fourth-order valence-corrected chi connectivity index (χ4v) is 2.06. The third kappa shape index (κ3) is 3.02. The zero-order valence-electron chi connectivity index (χ0n) is 11.2. The van der Waals surface area contributed by atoms with Gasteiger partial charge in [0.1, 0.15) is 11.5 Å². The molecule has 0 fully saturated rings. The first kappa shape index (κ1) is 13.2. The summed E-state index contributed by atoms with van der Waals surface area (Å²) >= 11 is 0. The molecule has 1 aliphatic heterocycles. The number of nitrogens with two attached hydrogens (primary N) is 1. The summed E-state index contributed by atoms with van der Waals surface area (Å²) in [5.74, 6) is 0.948. The zero-order valence-corrected chi connectivity index (χ0v) is 11.2. The SMILES string of the molecule is NC(=O)C1CC(c2cccc(Oc3ccccc3)c2)=NO1. The maximum Gasteiger partial charge on any atom is 0.261 e. The van der Waals surface area contributed by atoms with Crippen molar-refractivity contribution in [2.75, 3.05) is 0 Å². The van der Waals surface area contributed by atoms with Gasteiger partial charge in [-0.05, 0) is 24.3 Å². The third-order valence-corrected chi connectivity index (χ3v) is 3.13. The van der Waals surface area contributed by atoms with E-state index in [0.29, 0.717) is 17.9 Å². The van der Waals surface area contributed by atoms with Gasteiger partial charge in [-0.1, -0.05) is 35.5 Å². The molecular formula is C16H14N2O3. The Labute approximate surface area is 122 Å². The van der Waals surface area contributed by atoms with Crippen molar-refractivity contribution in [3.63, 3.8) is 0 Å². The van der Waals surface area contributed by atoms with Crippen LogP contribution in [0.4, 0.5) is 0 Å². The van der Waals surface area contributed by atoms with Crippen LogP contribution in [0.3, 0.4) is 0 Å². The van der Waals surface area contributed by atoms with Crippen LogP contribution in [0.1, 0.15) is 12.0 Å².